The minimum absolute atomic E-state index is 0.0451. The number of nitrogens with one attached hydrogen (secondary N) is 1. The number of allylic oxidation sites excluding steroid dienone is 1. The normalized spacial score (nSPS) is 21.7. The summed E-state index contributed by atoms with van der Waals surface area (Å²) in [5.74, 6) is -1.21. The number of benzene rings is 2. The van der Waals surface area contributed by atoms with Crippen LogP contribution < -0.4 is 5.32 Å². The third kappa shape index (κ3) is 5.08. The molecule has 2 heterocycles. The molecule has 1 unspecified atom stereocenters. The average Bonchev–Trinajstić information content (AvgIpc) is 3.69. The van der Waals surface area contributed by atoms with Crippen LogP contribution in [0.2, 0.25) is 5.02 Å². The van der Waals surface area contributed by atoms with Crippen LogP contribution in [0, 0.1) is 11.7 Å². The second kappa shape index (κ2) is 10.2. The lowest BCUT2D eigenvalue weighted by Crippen LogP contribution is -2.25. The van der Waals surface area contributed by atoms with Gasteiger partial charge in [0, 0.05) is 36.6 Å². The number of hydrogen-bond acceptors (Lipinski definition) is 5. The summed E-state index contributed by atoms with van der Waals surface area (Å²) >= 11 is 6.04. The number of carbonyl (C=O) groups excluding carboxylic acids is 1. The zero-order chi connectivity index (χ0) is 26.4. The summed E-state index contributed by atoms with van der Waals surface area (Å²) in [6, 6.07) is 8.56. The molecule has 0 bridgehead atoms. The standard InChI is InChI=1S/C30H30ClF2N3O2/c31-25-12-20(13-26(33)30(25)38)19-5-8-27-23(11-19)28(24(14-34-27)29(37)18-3-4-18)35-22-6-1-17(2-7-22)15-36-10-9-21(32)16-36/h5,8,11-15,18,21-22,38H,1-4,6-7,9-10,16H2,(H,34,35). The fourth-order valence-electron chi connectivity index (χ4n) is 5.60. The van der Waals surface area contributed by atoms with Crippen molar-refractivity contribution in [3.63, 3.8) is 0 Å². The monoisotopic (exact) mass is 537 g/mol. The van der Waals surface area contributed by atoms with Crippen molar-refractivity contribution in [3.8, 4) is 16.9 Å². The maximum absolute atomic E-state index is 14.2. The highest BCUT2D eigenvalue weighted by atomic mass is 35.5. The van der Waals surface area contributed by atoms with E-state index in [-0.39, 0.29) is 22.8 Å². The Labute approximate surface area is 225 Å². The molecule has 1 aliphatic heterocycles. The lowest BCUT2D eigenvalue weighted by molar-refractivity contribution is 0.0968. The Hall–Kier alpha value is -3.19. The predicted molar refractivity (Wildman–Crippen MR) is 146 cm³/mol. The number of carbonyl (C=O) groups is 1. The first-order valence-electron chi connectivity index (χ1n) is 13.4. The Kier molecular flexibility index (Phi) is 6.72. The van der Waals surface area contributed by atoms with E-state index in [9.17, 15) is 18.7 Å². The molecule has 1 saturated heterocycles. The van der Waals surface area contributed by atoms with Crippen molar-refractivity contribution in [1.82, 2.24) is 9.88 Å². The number of fused-ring (bicyclic) bond motifs is 1. The van der Waals surface area contributed by atoms with E-state index < -0.39 is 17.7 Å². The van der Waals surface area contributed by atoms with Crippen LogP contribution in [0.4, 0.5) is 14.5 Å². The van der Waals surface area contributed by atoms with E-state index in [4.69, 9.17) is 11.6 Å². The van der Waals surface area contributed by atoms with Crippen LogP contribution in [0.25, 0.3) is 22.0 Å². The highest BCUT2D eigenvalue weighted by Gasteiger charge is 2.33. The molecule has 6 rings (SSSR count). The zero-order valence-electron chi connectivity index (χ0n) is 21.0. The third-order valence-corrected chi connectivity index (χ3v) is 8.22. The van der Waals surface area contributed by atoms with Crippen molar-refractivity contribution in [1.29, 1.82) is 0 Å². The van der Waals surface area contributed by atoms with Crippen molar-refractivity contribution in [2.24, 2.45) is 5.92 Å². The second-order valence-corrected chi connectivity index (χ2v) is 11.2. The number of anilines is 1. The second-order valence-electron chi connectivity index (χ2n) is 10.8. The zero-order valence-corrected chi connectivity index (χ0v) is 21.8. The van der Waals surface area contributed by atoms with Crippen molar-refractivity contribution in [3.05, 3.63) is 64.7 Å². The lowest BCUT2D eigenvalue weighted by atomic mass is 9.90. The van der Waals surface area contributed by atoms with Gasteiger partial charge in [0.1, 0.15) is 6.17 Å². The number of ketones is 1. The summed E-state index contributed by atoms with van der Waals surface area (Å²) < 4.78 is 27.8. The van der Waals surface area contributed by atoms with E-state index in [1.54, 1.807) is 6.20 Å². The number of likely N-dealkylation sites (tertiary alicyclic amines) is 1. The molecule has 0 spiro atoms. The van der Waals surface area contributed by atoms with Gasteiger partial charge in [0.15, 0.2) is 17.3 Å². The number of nitrogens with zero attached hydrogens (tertiary/aromatic N) is 2. The van der Waals surface area contributed by atoms with Gasteiger partial charge in [0.2, 0.25) is 0 Å². The largest absolute Gasteiger partial charge is 0.504 e. The first-order chi connectivity index (χ1) is 18.4. The molecule has 3 fully saturated rings. The maximum atomic E-state index is 14.2. The molecule has 198 valence electrons. The van der Waals surface area contributed by atoms with Crippen molar-refractivity contribution in [2.45, 2.75) is 57.2 Å². The van der Waals surface area contributed by atoms with Crippen LogP contribution in [0.3, 0.4) is 0 Å². The van der Waals surface area contributed by atoms with E-state index in [0.717, 1.165) is 61.7 Å². The third-order valence-electron chi connectivity index (χ3n) is 7.94. The number of aromatic nitrogens is 1. The Morgan fingerprint density at radius 3 is 2.58 bits per heavy atom. The number of Topliss-reactive ketones (excluding diaryl/α,β-unsaturated/α-hetero) is 1. The molecular weight excluding hydrogens is 508 g/mol. The number of aromatic hydroxyl groups is 1. The summed E-state index contributed by atoms with van der Waals surface area (Å²) in [5, 5.41) is 14.2. The van der Waals surface area contributed by atoms with Crippen molar-refractivity contribution < 1.29 is 18.7 Å². The Morgan fingerprint density at radius 2 is 1.89 bits per heavy atom. The first kappa shape index (κ1) is 25.1. The molecule has 3 aliphatic rings. The topological polar surface area (TPSA) is 65.5 Å². The van der Waals surface area contributed by atoms with Crippen LogP contribution in [-0.2, 0) is 0 Å². The number of phenols is 1. The maximum Gasteiger partial charge on any atom is 0.170 e. The van der Waals surface area contributed by atoms with Crippen LogP contribution in [0.15, 0.2) is 48.3 Å². The van der Waals surface area contributed by atoms with Gasteiger partial charge in [-0.1, -0.05) is 23.2 Å². The summed E-state index contributed by atoms with van der Waals surface area (Å²) in [6.07, 6.45) is 9.18. The van der Waals surface area contributed by atoms with Gasteiger partial charge in [-0.15, -0.1) is 0 Å². The molecule has 38 heavy (non-hydrogen) atoms. The van der Waals surface area contributed by atoms with Crippen LogP contribution >= 0.6 is 11.6 Å². The van der Waals surface area contributed by atoms with Crippen LogP contribution in [-0.4, -0.2) is 46.1 Å². The Morgan fingerprint density at radius 1 is 1.11 bits per heavy atom. The van der Waals surface area contributed by atoms with E-state index in [1.807, 2.05) is 18.2 Å². The molecule has 5 nitrogen and oxygen atoms in total. The molecule has 0 radical (unpaired) electrons. The van der Waals surface area contributed by atoms with Gasteiger partial charge in [-0.2, -0.15) is 0 Å². The Bertz CT molecular complexity index is 1410. The van der Waals surface area contributed by atoms with Gasteiger partial charge in [0.25, 0.3) is 0 Å². The molecule has 2 aliphatic carbocycles. The summed E-state index contributed by atoms with van der Waals surface area (Å²) in [6.45, 7) is 1.26. The predicted octanol–water partition coefficient (Wildman–Crippen LogP) is 7.27. The minimum Gasteiger partial charge on any atom is -0.504 e. The number of phenolic OH excluding ortho intramolecular Hbond substituents is 1. The van der Waals surface area contributed by atoms with E-state index in [0.29, 0.717) is 29.7 Å². The molecule has 2 aromatic carbocycles. The van der Waals surface area contributed by atoms with Crippen molar-refractivity contribution in [2.75, 3.05) is 18.4 Å². The smallest absolute Gasteiger partial charge is 0.170 e. The van der Waals surface area contributed by atoms with Crippen molar-refractivity contribution >= 4 is 34.0 Å². The van der Waals surface area contributed by atoms with Gasteiger partial charge >= 0.3 is 0 Å². The highest BCUT2D eigenvalue weighted by Crippen LogP contribution is 2.40. The van der Waals surface area contributed by atoms with Gasteiger partial charge < -0.3 is 15.3 Å². The summed E-state index contributed by atoms with van der Waals surface area (Å²) in [4.78, 5) is 19.9. The number of hydrogen-bond donors (Lipinski definition) is 2. The number of rotatable bonds is 6. The quantitative estimate of drug-likeness (QED) is 0.324. The molecule has 2 N–H and O–H groups in total. The minimum atomic E-state index is -0.788. The molecular formula is C30H30ClF2N3O2. The van der Waals surface area contributed by atoms with Gasteiger partial charge in [0.05, 0.1) is 21.8 Å². The number of halogens is 3. The lowest BCUT2D eigenvalue weighted by Gasteiger charge is -2.28. The summed E-state index contributed by atoms with van der Waals surface area (Å²) in [5.41, 5.74) is 4.70. The number of alkyl halides is 1. The van der Waals surface area contributed by atoms with E-state index in [2.05, 4.69) is 21.4 Å². The SMILES string of the molecule is O=C(c1cnc2ccc(-c3cc(F)c(O)c(Cl)c3)cc2c1NC1CCC(=CN2CCC(F)C2)CC1)C1CC1. The molecule has 1 aromatic heterocycles. The molecule has 3 aromatic rings. The fourth-order valence-corrected chi connectivity index (χ4v) is 5.80. The average molecular weight is 538 g/mol. The molecule has 1 atom stereocenters. The van der Waals surface area contributed by atoms with E-state index >= 15 is 0 Å². The van der Waals surface area contributed by atoms with Gasteiger partial charge in [-0.05, 0) is 86.5 Å². The molecule has 8 heteroatoms. The summed E-state index contributed by atoms with van der Waals surface area (Å²) in [7, 11) is 0. The number of pyridine rings is 1. The molecule has 2 saturated carbocycles. The van der Waals surface area contributed by atoms with Gasteiger partial charge in [-0.25, -0.2) is 8.78 Å². The fraction of sp³-hybridized carbons (Fsp3) is 0.400. The van der Waals surface area contributed by atoms with Crippen LogP contribution in [0.1, 0.15) is 55.3 Å². The van der Waals surface area contributed by atoms with Crippen LogP contribution in [0.5, 0.6) is 5.75 Å². The van der Waals surface area contributed by atoms with E-state index in [1.165, 1.54) is 17.7 Å². The molecule has 0 amide bonds. The van der Waals surface area contributed by atoms with Gasteiger partial charge in [-0.3, -0.25) is 9.78 Å². The Balaban J connectivity index is 1.31. The first-order valence-corrected chi connectivity index (χ1v) is 13.7. The highest BCUT2D eigenvalue weighted by molar-refractivity contribution is 6.32.